The van der Waals surface area contributed by atoms with Crippen molar-refractivity contribution in [2.24, 2.45) is 0 Å². The molecule has 1 amide bonds. The minimum atomic E-state index is -0.0552. The summed E-state index contributed by atoms with van der Waals surface area (Å²) in [4.78, 5) is 17.4. The molecule has 0 spiro atoms. The third kappa shape index (κ3) is 3.02. The van der Waals surface area contributed by atoms with E-state index in [4.69, 9.17) is 0 Å². The molecule has 1 aliphatic rings. The predicted octanol–water partition coefficient (Wildman–Crippen LogP) is 3.96. The van der Waals surface area contributed by atoms with Crippen molar-refractivity contribution in [3.05, 3.63) is 63.1 Å². The van der Waals surface area contributed by atoms with Gasteiger partial charge >= 0.3 is 0 Å². The molecule has 112 valence electrons. The molecule has 3 rings (SSSR count). The fourth-order valence-electron chi connectivity index (χ4n) is 2.44. The summed E-state index contributed by atoms with van der Waals surface area (Å²) in [5.41, 5.74) is 6.66. The molecule has 0 saturated heterocycles. The van der Waals surface area contributed by atoms with Crippen molar-refractivity contribution in [2.45, 2.75) is 26.7 Å². The van der Waals surface area contributed by atoms with E-state index in [9.17, 15) is 4.79 Å². The normalized spacial score (nSPS) is 16.0. The number of nitrogens with zero attached hydrogens (tertiary/aromatic N) is 1. The first-order valence-corrected chi connectivity index (χ1v) is 8.29. The number of benzene rings is 1. The number of carbonyl (C=O) groups is 1. The first kappa shape index (κ1) is 14.7. The molecular weight excluding hydrogens is 292 g/mol. The second-order valence-corrected chi connectivity index (χ2v) is 6.25. The fourth-order valence-corrected chi connectivity index (χ4v) is 3.19. The van der Waals surface area contributed by atoms with Crippen LogP contribution in [0.4, 0.5) is 0 Å². The first-order valence-electron chi connectivity index (χ1n) is 7.41. The topological polar surface area (TPSA) is 42.0 Å². The van der Waals surface area contributed by atoms with Crippen molar-refractivity contribution < 1.29 is 4.79 Å². The van der Waals surface area contributed by atoms with Crippen LogP contribution in [0.5, 0.6) is 0 Å². The molecule has 0 fully saturated rings. The van der Waals surface area contributed by atoms with Gasteiger partial charge in [-0.25, -0.2) is 4.98 Å². The van der Waals surface area contributed by atoms with Crippen LogP contribution >= 0.6 is 11.3 Å². The molecule has 0 aliphatic carbocycles. The molecule has 1 N–H and O–H groups in total. The van der Waals surface area contributed by atoms with Gasteiger partial charge in [-0.05, 0) is 36.6 Å². The van der Waals surface area contributed by atoms with Crippen molar-refractivity contribution >= 4 is 29.0 Å². The molecule has 1 aliphatic heterocycles. The van der Waals surface area contributed by atoms with Gasteiger partial charge in [0.1, 0.15) is 0 Å². The summed E-state index contributed by atoms with van der Waals surface area (Å²) < 4.78 is 0. The number of thiazole rings is 1. The summed E-state index contributed by atoms with van der Waals surface area (Å²) in [6.45, 7) is 4.12. The highest BCUT2D eigenvalue weighted by molar-refractivity contribution is 7.10. The molecule has 3 nitrogen and oxygen atoms in total. The third-order valence-electron chi connectivity index (χ3n) is 3.68. The van der Waals surface area contributed by atoms with Crippen LogP contribution in [0.3, 0.4) is 0 Å². The molecule has 2 aromatic rings. The average molecular weight is 310 g/mol. The highest BCUT2D eigenvalue weighted by Crippen LogP contribution is 2.24. The number of rotatable bonds is 4. The number of nitrogens with one attached hydrogen (secondary N) is 1. The molecule has 22 heavy (non-hydrogen) atoms. The zero-order valence-electron chi connectivity index (χ0n) is 12.7. The molecular formula is C18H18N2OS. The van der Waals surface area contributed by atoms with Crippen LogP contribution in [0, 0.1) is 6.92 Å². The summed E-state index contributed by atoms with van der Waals surface area (Å²) in [5.74, 6) is -0.0552. The van der Waals surface area contributed by atoms with E-state index in [1.165, 1.54) is 5.56 Å². The van der Waals surface area contributed by atoms with E-state index in [2.05, 4.69) is 41.5 Å². The molecule has 1 aromatic heterocycles. The molecule has 0 saturated carbocycles. The van der Waals surface area contributed by atoms with Gasteiger partial charge in [-0.2, -0.15) is 0 Å². The largest absolute Gasteiger partial charge is 0.321 e. The Bertz CT molecular complexity index is 754. The van der Waals surface area contributed by atoms with Crippen LogP contribution in [-0.4, -0.2) is 10.9 Å². The Kier molecular flexibility index (Phi) is 4.20. The van der Waals surface area contributed by atoms with E-state index in [-0.39, 0.29) is 5.91 Å². The summed E-state index contributed by atoms with van der Waals surface area (Å²) in [5, 5.41) is 2.94. The van der Waals surface area contributed by atoms with E-state index in [1.54, 1.807) is 16.8 Å². The third-order valence-corrected chi connectivity index (χ3v) is 4.56. The lowest BCUT2D eigenvalue weighted by Crippen LogP contribution is -2.15. The van der Waals surface area contributed by atoms with Gasteiger partial charge in [0.2, 0.25) is 0 Å². The Balaban J connectivity index is 1.86. The summed E-state index contributed by atoms with van der Waals surface area (Å²) in [7, 11) is 0. The van der Waals surface area contributed by atoms with Gasteiger partial charge in [-0.3, -0.25) is 4.79 Å². The quantitative estimate of drug-likeness (QED) is 0.869. The van der Waals surface area contributed by atoms with E-state index in [0.29, 0.717) is 5.57 Å². The van der Waals surface area contributed by atoms with Gasteiger partial charge in [0, 0.05) is 11.3 Å². The lowest BCUT2D eigenvalue weighted by molar-refractivity contribution is -0.115. The Morgan fingerprint density at radius 2 is 2.05 bits per heavy atom. The predicted molar refractivity (Wildman–Crippen MR) is 91.4 cm³/mol. The van der Waals surface area contributed by atoms with Crippen molar-refractivity contribution in [3.63, 3.8) is 0 Å². The van der Waals surface area contributed by atoms with Gasteiger partial charge in [0.05, 0.1) is 16.1 Å². The van der Waals surface area contributed by atoms with Gasteiger partial charge in [-0.15, -0.1) is 11.3 Å². The molecule has 0 bridgehead atoms. The van der Waals surface area contributed by atoms with Crippen LogP contribution in [0.1, 0.15) is 35.0 Å². The van der Waals surface area contributed by atoms with Crippen molar-refractivity contribution in [1.82, 2.24) is 10.3 Å². The van der Waals surface area contributed by atoms with E-state index >= 15 is 0 Å². The van der Waals surface area contributed by atoms with E-state index in [0.717, 1.165) is 34.7 Å². The van der Waals surface area contributed by atoms with Crippen LogP contribution in [0.25, 0.3) is 11.8 Å². The summed E-state index contributed by atoms with van der Waals surface area (Å²) in [6, 6.07) is 8.39. The highest BCUT2D eigenvalue weighted by Gasteiger charge is 2.19. The summed E-state index contributed by atoms with van der Waals surface area (Å²) >= 11 is 1.55. The van der Waals surface area contributed by atoms with Gasteiger partial charge in [-0.1, -0.05) is 37.6 Å². The maximum absolute atomic E-state index is 12.1. The second-order valence-electron chi connectivity index (χ2n) is 5.36. The number of aromatic nitrogens is 1. The maximum Gasteiger partial charge on any atom is 0.255 e. The molecule has 0 atom stereocenters. The first-order chi connectivity index (χ1) is 10.7. The van der Waals surface area contributed by atoms with Gasteiger partial charge in [0.25, 0.3) is 5.91 Å². The number of amides is 1. The van der Waals surface area contributed by atoms with E-state index < -0.39 is 0 Å². The number of hydrogen-bond donors (Lipinski definition) is 1. The zero-order valence-corrected chi connectivity index (χ0v) is 13.5. The second kappa shape index (κ2) is 6.28. The Morgan fingerprint density at radius 3 is 2.68 bits per heavy atom. The summed E-state index contributed by atoms with van der Waals surface area (Å²) in [6.07, 6.45) is 6.04. The number of aryl methyl sites for hydroxylation is 2. The number of hydrogen-bond acceptors (Lipinski definition) is 3. The highest BCUT2D eigenvalue weighted by atomic mass is 32.1. The standard InChI is InChI=1S/C18H18N2OS/c1-3-4-13-5-7-14(8-6-13)16-9-15(18(21)20-16)10-17-12(2)19-11-22-17/h5-11H,3-4H2,1-2H3,(H,20,21). The molecule has 0 unspecified atom stereocenters. The SMILES string of the molecule is CCCc1ccc(C2=CC(=Cc3scnc3C)C(=O)N2)cc1. The van der Waals surface area contributed by atoms with Gasteiger partial charge in [0.15, 0.2) is 0 Å². The van der Waals surface area contributed by atoms with Crippen LogP contribution in [-0.2, 0) is 11.2 Å². The molecule has 2 heterocycles. The van der Waals surface area contributed by atoms with Crippen LogP contribution in [0.15, 0.2) is 41.4 Å². The van der Waals surface area contributed by atoms with Gasteiger partial charge < -0.3 is 5.32 Å². The van der Waals surface area contributed by atoms with Crippen molar-refractivity contribution in [3.8, 4) is 0 Å². The minimum absolute atomic E-state index is 0.0552. The van der Waals surface area contributed by atoms with E-state index in [1.807, 2.05) is 19.1 Å². The fraction of sp³-hybridized carbons (Fsp3) is 0.222. The lowest BCUT2D eigenvalue weighted by atomic mass is 10.1. The number of carbonyl (C=O) groups excluding carboxylic acids is 1. The Labute approximate surface area is 134 Å². The van der Waals surface area contributed by atoms with Crippen molar-refractivity contribution in [1.29, 1.82) is 0 Å². The monoisotopic (exact) mass is 310 g/mol. The molecule has 0 radical (unpaired) electrons. The molecule has 1 aromatic carbocycles. The average Bonchev–Trinajstić information content (AvgIpc) is 3.08. The zero-order chi connectivity index (χ0) is 15.5. The Morgan fingerprint density at radius 1 is 1.27 bits per heavy atom. The lowest BCUT2D eigenvalue weighted by Gasteiger charge is -2.04. The minimum Gasteiger partial charge on any atom is -0.321 e. The maximum atomic E-state index is 12.1. The van der Waals surface area contributed by atoms with Crippen molar-refractivity contribution in [2.75, 3.05) is 0 Å². The molecule has 4 heteroatoms. The smallest absolute Gasteiger partial charge is 0.255 e. The van der Waals surface area contributed by atoms with Crippen LogP contribution in [0.2, 0.25) is 0 Å². The Hall–Kier alpha value is -2.20. The van der Waals surface area contributed by atoms with Crippen LogP contribution < -0.4 is 5.32 Å².